The van der Waals surface area contributed by atoms with Crippen LogP contribution < -0.4 is 42.5 Å². The van der Waals surface area contributed by atoms with Crippen LogP contribution in [0.15, 0.2) is 91.0 Å². The first-order chi connectivity index (χ1) is 67.4. The lowest BCUT2D eigenvalue weighted by molar-refractivity contribution is -0.277. The van der Waals surface area contributed by atoms with Crippen molar-refractivity contribution in [1.29, 1.82) is 0 Å². The number of hydrogen-bond donors (Lipinski definition) is 8. The molecule has 0 saturated carbocycles. The molecule has 782 valence electrons. The summed E-state index contributed by atoms with van der Waals surface area (Å²) >= 11 is 0. The molecular formula is C98H142N10O33. The standard InChI is InChI=1S/C98H142N10O33/c1-62(109)104-86-92(136-71(10)118)89(133-68(7)115)77(59-130-65(4)112)139-95(86)127-56-27-22-41-80(121)99-47-30-44-83(124)102-50-33-53-107(85(126)46-32-49-101-82(123)43-24-29-58-129-97-88(106-64(3)111)94(138-73(12)120)91(135-70(9)117)79(141-97)61-132-67(6)114)52-25-26-54-108(98(74-35-16-13-17-36-74,75-37-18-14-19-38-75)76-39-20-15-21-40-76)55-34-51-103-84(125)45-31-48-100-81(122)42-23-28-57-128-96-87(105-63(2)110)93(137-72(11)119)90(134-69(8)116)78(140-96)60-131-66(5)113/h13-21,35-40,77-79,86-97H,22-34,41-61H2,1-12H3,(H,99,121)(H,100,122)(H,101,123)(H,102,124)(H,103,125)(H,104,109)(H,105,110)(H,106,111). The normalized spacial score (nSPS) is 20.8. The Hall–Kier alpha value is -12.2. The molecule has 3 heterocycles. The van der Waals surface area contributed by atoms with Crippen molar-refractivity contribution in [3.05, 3.63) is 108 Å². The molecule has 0 aliphatic carbocycles. The second kappa shape index (κ2) is 63.6. The predicted molar refractivity (Wildman–Crippen MR) is 500 cm³/mol. The van der Waals surface area contributed by atoms with E-state index in [-0.39, 0.29) is 133 Å². The van der Waals surface area contributed by atoms with Gasteiger partial charge in [-0.15, -0.1) is 0 Å². The number of carbonyl (C=O) groups is 18. The Morgan fingerprint density at radius 1 is 0.284 bits per heavy atom. The number of amides is 9. The summed E-state index contributed by atoms with van der Waals surface area (Å²) in [6, 6.07) is 26.9. The molecule has 141 heavy (non-hydrogen) atoms. The zero-order valence-corrected chi connectivity index (χ0v) is 82.7. The van der Waals surface area contributed by atoms with Crippen molar-refractivity contribution in [1.82, 2.24) is 52.3 Å². The lowest BCUT2D eigenvalue weighted by atomic mass is 9.75. The SMILES string of the molecule is CC(=O)NC1C(OCCCCC(=O)NCCCC(=O)NCCCN(CCCCN(CCCNC(=O)CCCNC(=O)CCCCOC2OC(COC(C)=O)C(OC(C)=O)C(OC(C)=O)C2NC(C)=O)C(c2ccccc2)(c2ccccc2)c2ccccc2)C(=O)CCCNC(=O)CCCCOC2OC(COC(C)=O)C(OC(C)=O)C(OC(C)=O)C2NC(C)=O)OC(COC(C)=O)C(OC(C)=O)C1OC(C)=O. The van der Waals surface area contributed by atoms with Crippen molar-refractivity contribution in [2.45, 2.75) is 303 Å². The first-order valence-corrected chi connectivity index (χ1v) is 48.0. The van der Waals surface area contributed by atoms with Gasteiger partial charge in [0.05, 0.1) is 5.54 Å². The topological polar surface area (TPSA) is 548 Å². The molecule has 8 N–H and O–H groups in total. The molecule has 3 saturated heterocycles. The van der Waals surface area contributed by atoms with Crippen LogP contribution in [-0.4, -0.2) is 307 Å². The van der Waals surface area contributed by atoms with E-state index in [1.165, 1.54) is 41.5 Å². The fraction of sp³-hybridized carbons (Fsp3) is 0.633. The van der Waals surface area contributed by atoms with Gasteiger partial charge in [-0.1, -0.05) is 91.0 Å². The largest absolute Gasteiger partial charge is 0.463 e. The molecule has 6 rings (SSSR count). The molecule has 3 aliphatic heterocycles. The third-order valence-corrected chi connectivity index (χ3v) is 22.5. The van der Waals surface area contributed by atoms with Crippen molar-refractivity contribution >= 4 is 107 Å². The van der Waals surface area contributed by atoms with Crippen molar-refractivity contribution in [2.24, 2.45) is 0 Å². The number of benzene rings is 3. The summed E-state index contributed by atoms with van der Waals surface area (Å²) in [6.45, 7) is 15.3. The van der Waals surface area contributed by atoms with E-state index in [2.05, 4.69) is 83.8 Å². The van der Waals surface area contributed by atoms with Crippen LogP contribution in [0, 0.1) is 0 Å². The van der Waals surface area contributed by atoms with Crippen LogP contribution >= 0.6 is 0 Å². The maximum atomic E-state index is 14.6. The van der Waals surface area contributed by atoms with E-state index in [0.717, 1.165) is 58.2 Å². The summed E-state index contributed by atoms with van der Waals surface area (Å²) in [5.74, 6) is -9.73. The second-order valence-corrected chi connectivity index (χ2v) is 34.3. The number of esters is 9. The molecule has 3 aliphatic rings. The highest BCUT2D eigenvalue weighted by Gasteiger charge is 2.55. The smallest absolute Gasteiger partial charge is 0.303 e. The third kappa shape index (κ3) is 43.1. The van der Waals surface area contributed by atoms with E-state index in [9.17, 15) is 86.3 Å². The van der Waals surface area contributed by atoms with Crippen molar-refractivity contribution in [2.75, 3.05) is 98.5 Å². The van der Waals surface area contributed by atoms with Crippen molar-refractivity contribution < 1.29 is 157 Å². The Labute approximate surface area is 821 Å². The number of rotatable bonds is 62. The van der Waals surface area contributed by atoms with Crippen LogP contribution in [0.5, 0.6) is 0 Å². The number of nitrogens with zero attached hydrogens (tertiary/aromatic N) is 2. The molecule has 0 radical (unpaired) electrons. The van der Waals surface area contributed by atoms with Gasteiger partial charge in [-0.05, 0) is 107 Å². The molecule has 0 bridgehead atoms. The zero-order valence-electron chi connectivity index (χ0n) is 82.7. The maximum Gasteiger partial charge on any atom is 0.303 e. The molecule has 3 aromatic rings. The number of hydrogen-bond acceptors (Lipinski definition) is 34. The molecule has 0 spiro atoms. The molecule has 15 atom stereocenters. The molecule has 3 fully saturated rings. The van der Waals surface area contributed by atoms with Gasteiger partial charge in [-0.3, -0.25) is 91.2 Å². The Morgan fingerprint density at radius 2 is 0.532 bits per heavy atom. The highest BCUT2D eigenvalue weighted by Crippen LogP contribution is 2.43. The first kappa shape index (κ1) is 118. The Balaban J connectivity index is 1.07. The molecule has 43 nitrogen and oxygen atoms in total. The van der Waals surface area contributed by atoms with E-state index < -0.39 is 189 Å². The Bertz CT molecular complexity index is 4420. The van der Waals surface area contributed by atoms with Crippen LogP contribution in [0.4, 0.5) is 0 Å². The van der Waals surface area contributed by atoms with E-state index in [0.29, 0.717) is 103 Å². The van der Waals surface area contributed by atoms with E-state index >= 15 is 0 Å². The Morgan fingerprint density at radius 3 is 0.816 bits per heavy atom. The molecule has 0 aromatic heterocycles. The third-order valence-electron chi connectivity index (χ3n) is 22.5. The molecule has 9 amide bonds. The van der Waals surface area contributed by atoms with Gasteiger partial charge in [-0.2, -0.15) is 0 Å². The minimum atomic E-state index is -1.32. The number of carbonyl (C=O) groups excluding carboxylic acids is 18. The lowest BCUT2D eigenvalue weighted by Crippen LogP contribution is -2.66. The van der Waals surface area contributed by atoms with Gasteiger partial charge >= 0.3 is 53.7 Å². The summed E-state index contributed by atoms with van der Waals surface area (Å²) < 4.78 is 84.9. The quantitative estimate of drug-likeness (QED) is 0.0170. The summed E-state index contributed by atoms with van der Waals surface area (Å²) in [7, 11) is 0. The highest BCUT2D eigenvalue weighted by atomic mass is 16.7. The lowest BCUT2D eigenvalue weighted by Gasteiger charge is -2.46. The summed E-state index contributed by atoms with van der Waals surface area (Å²) in [4.78, 5) is 232. The average Bonchev–Trinajstić information content (AvgIpc) is 0.736. The average molecular weight is 1990 g/mol. The van der Waals surface area contributed by atoms with Crippen molar-refractivity contribution in [3.8, 4) is 0 Å². The van der Waals surface area contributed by atoms with Crippen LogP contribution in [0.2, 0.25) is 0 Å². The summed E-state index contributed by atoms with van der Waals surface area (Å²) in [5, 5.41) is 22.6. The predicted octanol–water partition coefficient (Wildman–Crippen LogP) is 4.12. The molecule has 15 unspecified atom stereocenters. The fourth-order valence-electron chi connectivity index (χ4n) is 16.6. The van der Waals surface area contributed by atoms with Gasteiger partial charge in [0.2, 0.25) is 53.2 Å². The minimum absolute atomic E-state index is 0.00127. The Kier molecular flexibility index (Phi) is 53.0. The number of ether oxygens (including phenoxy) is 15. The van der Waals surface area contributed by atoms with Gasteiger partial charge in [0.1, 0.15) is 56.3 Å². The summed E-state index contributed by atoms with van der Waals surface area (Å²) in [6.07, 6.45) is -9.77. The zero-order chi connectivity index (χ0) is 103. The fourth-order valence-corrected chi connectivity index (χ4v) is 16.6. The molecular weight excluding hydrogens is 1850 g/mol. The first-order valence-electron chi connectivity index (χ1n) is 48.0. The molecule has 3 aromatic carbocycles. The van der Waals surface area contributed by atoms with Crippen LogP contribution in [0.1, 0.15) is 222 Å². The number of unbranched alkanes of at least 4 members (excludes halogenated alkanes) is 4. The summed E-state index contributed by atoms with van der Waals surface area (Å²) in [5.41, 5.74) is 2.08. The van der Waals surface area contributed by atoms with Gasteiger partial charge in [0.15, 0.2) is 55.5 Å². The van der Waals surface area contributed by atoms with E-state index in [4.69, 9.17) is 71.1 Å². The highest BCUT2D eigenvalue weighted by molar-refractivity contribution is 5.80. The number of nitrogens with one attached hydrogen (secondary N) is 8. The van der Waals surface area contributed by atoms with E-state index in [1.54, 1.807) is 4.90 Å². The van der Waals surface area contributed by atoms with Crippen LogP contribution in [0.3, 0.4) is 0 Å². The van der Waals surface area contributed by atoms with Gasteiger partial charge in [0.25, 0.3) is 0 Å². The van der Waals surface area contributed by atoms with Gasteiger partial charge in [0, 0.05) is 194 Å². The minimum Gasteiger partial charge on any atom is -0.463 e. The maximum absolute atomic E-state index is 14.6. The van der Waals surface area contributed by atoms with Crippen LogP contribution in [0.25, 0.3) is 0 Å². The van der Waals surface area contributed by atoms with Crippen molar-refractivity contribution in [3.63, 3.8) is 0 Å². The van der Waals surface area contributed by atoms with Crippen LogP contribution in [-0.2, 0) is 163 Å². The van der Waals surface area contributed by atoms with E-state index in [1.807, 2.05) is 54.6 Å². The monoisotopic (exact) mass is 1990 g/mol. The van der Waals surface area contributed by atoms with Gasteiger partial charge in [-0.25, -0.2) is 0 Å². The van der Waals surface area contributed by atoms with Gasteiger partial charge < -0.3 is 118 Å². The molecule has 43 heteroatoms. The second-order valence-electron chi connectivity index (χ2n) is 34.3.